The number of rotatable bonds is 8. The first kappa shape index (κ1) is 25.0. The standard InChI is InChI=1S/C31H28BrFN2O2/c32-30(31(34)36)23-8-6-21(7-9-23)18-29-28-15-14-27(37-20-22-4-2-1-3-5-22)19-24(28)16-17-35(29)26-12-10-25(33)11-13-26/h1-15,19,29-30H,16-18,20H2,(H2,34,36). The van der Waals surface area contributed by atoms with Gasteiger partial charge in [0.05, 0.1) is 6.04 Å². The summed E-state index contributed by atoms with van der Waals surface area (Å²) in [4.78, 5) is 13.4. The van der Waals surface area contributed by atoms with Gasteiger partial charge in [-0.2, -0.15) is 0 Å². The molecule has 6 heteroatoms. The van der Waals surface area contributed by atoms with Crippen LogP contribution in [0.2, 0.25) is 0 Å². The van der Waals surface area contributed by atoms with Gasteiger partial charge in [0.2, 0.25) is 5.91 Å². The number of anilines is 1. The number of primary amides is 1. The zero-order valence-electron chi connectivity index (χ0n) is 20.3. The minimum atomic E-state index is -0.512. The molecule has 0 aliphatic carbocycles. The first-order valence-electron chi connectivity index (χ1n) is 12.3. The van der Waals surface area contributed by atoms with Crippen LogP contribution in [-0.4, -0.2) is 12.5 Å². The Labute approximate surface area is 225 Å². The molecule has 1 aliphatic heterocycles. The maximum atomic E-state index is 13.7. The van der Waals surface area contributed by atoms with E-state index >= 15 is 0 Å². The fourth-order valence-electron chi connectivity index (χ4n) is 4.89. The molecule has 2 unspecified atom stereocenters. The normalized spacial score (nSPS) is 15.6. The van der Waals surface area contributed by atoms with Gasteiger partial charge in [-0.25, -0.2) is 4.39 Å². The van der Waals surface area contributed by atoms with Crippen molar-refractivity contribution >= 4 is 27.5 Å². The third kappa shape index (κ3) is 5.86. The fourth-order valence-corrected chi connectivity index (χ4v) is 5.20. The van der Waals surface area contributed by atoms with Gasteiger partial charge < -0.3 is 15.4 Å². The van der Waals surface area contributed by atoms with Crippen molar-refractivity contribution in [3.05, 3.63) is 131 Å². The molecule has 1 aliphatic rings. The number of nitrogens with two attached hydrogens (primary N) is 1. The SMILES string of the molecule is NC(=O)C(Br)c1ccc(CC2c3ccc(OCc4ccccc4)cc3CCN2c2ccc(F)cc2)cc1. The van der Waals surface area contributed by atoms with E-state index in [2.05, 4.69) is 45.1 Å². The van der Waals surface area contributed by atoms with Crippen LogP contribution in [0, 0.1) is 5.82 Å². The van der Waals surface area contributed by atoms with Gasteiger partial charge in [0.1, 0.15) is 23.0 Å². The Morgan fingerprint density at radius 1 is 0.973 bits per heavy atom. The number of hydrogen-bond acceptors (Lipinski definition) is 3. The zero-order valence-corrected chi connectivity index (χ0v) is 21.9. The second kappa shape index (κ2) is 11.2. The van der Waals surface area contributed by atoms with Crippen molar-refractivity contribution in [3.8, 4) is 5.75 Å². The molecule has 1 heterocycles. The van der Waals surface area contributed by atoms with Gasteiger partial charge in [-0.05, 0) is 77.1 Å². The smallest absolute Gasteiger partial charge is 0.235 e. The second-order valence-electron chi connectivity index (χ2n) is 9.28. The van der Waals surface area contributed by atoms with Crippen molar-refractivity contribution in [2.24, 2.45) is 5.73 Å². The first-order chi connectivity index (χ1) is 18.0. The summed E-state index contributed by atoms with van der Waals surface area (Å²) in [5, 5.41) is 0. The molecule has 0 saturated carbocycles. The minimum absolute atomic E-state index is 0.0687. The molecule has 0 aromatic heterocycles. The van der Waals surface area contributed by atoms with Gasteiger partial charge in [0, 0.05) is 12.2 Å². The summed E-state index contributed by atoms with van der Waals surface area (Å²) < 4.78 is 19.8. The molecule has 0 spiro atoms. The lowest BCUT2D eigenvalue weighted by molar-refractivity contribution is -0.117. The van der Waals surface area contributed by atoms with Gasteiger partial charge in [-0.15, -0.1) is 0 Å². The Bertz CT molecular complexity index is 1360. The molecule has 4 aromatic carbocycles. The Morgan fingerprint density at radius 3 is 2.41 bits per heavy atom. The molecule has 2 atom stereocenters. The highest BCUT2D eigenvalue weighted by atomic mass is 79.9. The minimum Gasteiger partial charge on any atom is -0.489 e. The van der Waals surface area contributed by atoms with Crippen molar-refractivity contribution in [2.45, 2.75) is 30.3 Å². The molecule has 1 amide bonds. The van der Waals surface area contributed by atoms with Crippen molar-refractivity contribution in [1.29, 1.82) is 0 Å². The number of fused-ring (bicyclic) bond motifs is 1. The van der Waals surface area contributed by atoms with Crippen LogP contribution in [0.15, 0.2) is 97.1 Å². The van der Waals surface area contributed by atoms with E-state index in [4.69, 9.17) is 10.5 Å². The van der Waals surface area contributed by atoms with Crippen molar-refractivity contribution in [3.63, 3.8) is 0 Å². The average Bonchev–Trinajstić information content (AvgIpc) is 2.93. The Hall–Kier alpha value is -3.64. The van der Waals surface area contributed by atoms with Crippen LogP contribution in [0.1, 0.15) is 38.7 Å². The number of nitrogens with zero attached hydrogens (tertiary/aromatic N) is 1. The average molecular weight is 559 g/mol. The van der Waals surface area contributed by atoms with Gasteiger partial charge in [0.15, 0.2) is 0 Å². The second-order valence-corrected chi connectivity index (χ2v) is 10.2. The van der Waals surface area contributed by atoms with E-state index in [1.54, 1.807) is 0 Å². The van der Waals surface area contributed by atoms with E-state index < -0.39 is 10.7 Å². The van der Waals surface area contributed by atoms with E-state index in [1.165, 1.54) is 23.3 Å². The summed E-state index contributed by atoms with van der Waals surface area (Å²) in [6, 6.07) is 31.2. The predicted octanol–water partition coefficient (Wildman–Crippen LogP) is 6.67. The quantitative estimate of drug-likeness (QED) is 0.245. The number of alkyl halides is 1. The van der Waals surface area contributed by atoms with Crippen molar-refractivity contribution < 1.29 is 13.9 Å². The third-order valence-electron chi connectivity index (χ3n) is 6.83. The van der Waals surface area contributed by atoms with Crippen LogP contribution < -0.4 is 15.4 Å². The van der Waals surface area contributed by atoms with Gasteiger partial charge >= 0.3 is 0 Å². The predicted molar refractivity (Wildman–Crippen MR) is 148 cm³/mol. The lowest BCUT2D eigenvalue weighted by Gasteiger charge is -2.39. The topological polar surface area (TPSA) is 55.6 Å². The highest BCUT2D eigenvalue weighted by molar-refractivity contribution is 9.09. The molecular weight excluding hydrogens is 531 g/mol. The molecule has 0 bridgehead atoms. The summed E-state index contributed by atoms with van der Waals surface area (Å²) in [6.45, 7) is 1.34. The monoisotopic (exact) mass is 558 g/mol. The fraction of sp³-hybridized carbons (Fsp3) is 0.194. The van der Waals surface area contributed by atoms with E-state index in [0.29, 0.717) is 6.61 Å². The van der Waals surface area contributed by atoms with Gasteiger partial charge in [-0.1, -0.05) is 76.6 Å². The molecule has 5 rings (SSSR count). The van der Waals surface area contributed by atoms with Crippen LogP contribution >= 0.6 is 15.9 Å². The lowest BCUT2D eigenvalue weighted by Crippen LogP contribution is -2.36. The van der Waals surface area contributed by atoms with Crippen molar-refractivity contribution in [1.82, 2.24) is 0 Å². The maximum Gasteiger partial charge on any atom is 0.235 e. The molecule has 0 fully saturated rings. The molecule has 37 heavy (non-hydrogen) atoms. The maximum absolute atomic E-state index is 13.7. The first-order valence-corrected chi connectivity index (χ1v) is 13.2. The molecule has 4 nitrogen and oxygen atoms in total. The highest BCUT2D eigenvalue weighted by Crippen LogP contribution is 2.38. The summed E-state index contributed by atoms with van der Waals surface area (Å²) in [6.07, 6.45) is 1.63. The zero-order chi connectivity index (χ0) is 25.8. The van der Waals surface area contributed by atoms with Gasteiger partial charge in [0.25, 0.3) is 0 Å². The van der Waals surface area contributed by atoms with E-state index in [0.717, 1.165) is 47.5 Å². The lowest BCUT2D eigenvalue weighted by atomic mass is 9.88. The van der Waals surface area contributed by atoms with E-state index in [9.17, 15) is 9.18 Å². The third-order valence-corrected chi connectivity index (χ3v) is 7.81. The van der Waals surface area contributed by atoms with Crippen molar-refractivity contribution in [2.75, 3.05) is 11.4 Å². The van der Waals surface area contributed by atoms with Crippen LogP contribution in [-0.2, 0) is 24.2 Å². The largest absolute Gasteiger partial charge is 0.489 e. The molecular formula is C31H28BrFN2O2. The number of amides is 1. The van der Waals surface area contributed by atoms with Gasteiger partial charge in [-0.3, -0.25) is 4.79 Å². The van der Waals surface area contributed by atoms with Crippen LogP contribution in [0.5, 0.6) is 5.75 Å². The Morgan fingerprint density at radius 2 is 1.70 bits per heavy atom. The summed E-state index contributed by atoms with van der Waals surface area (Å²) in [5.41, 5.74) is 12.0. The van der Waals surface area contributed by atoms with Crippen LogP contribution in [0.3, 0.4) is 0 Å². The molecule has 2 N–H and O–H groups in total. The van der Waals surface area contributed by atoms with Crippen LogP contribution in [0.4, 0.5) is 10.1 Å². The van der Waals surface area contributed by atoms with Crippen LogP contribution in [0.25, 0.3) is 0 Å². The number of carbonyl (C=O) groups is 1. The summed E-state index contributed by atoms with van der Waals surface area (Å²) in [5.74, 6) is 0.199. The Balaban J connectivity index is 1.42. The number of benzene rings is 4. The molecule has 188 valence electrons. The number of halogens is 2. The van der Waals surface area contributed by atoms with E-state index in [1.807, 2.05) is 60.7 Å². The molecule has 4 aromatic rings. The summed E-state index contributed by atoms with van der Waals surface area (Å²) in [7, 11) is 0. The number of hydrogen-bond donors (Lipinski definition) is 1. The molecule has 0 radical (unpaired) electrons. The van der Waals surface area contributed by atoms with E-state index in [-0.39, 0.29) is 11.9 Å². The molecule has 0 saturated heterocycles. The Kier molecular flexibility index (Phi) is 7.56. The number of ether oxygens (including phenoxy) is 1. The number of carbonyl (C=O) groups excluding carboxylic acids is 1. The summed E-state index contributed by atoms with van der Waals surface area (Å²) >= 11 is 3.35. The highest BCUT2D eigenvalue weighted by Gasteiger charge is 2.28.